The first-order chi connectivity index (χ1) is 17.0. The number of rotatable bonds is 3. The zero-order valence-corrected chi connectivity index (χ0v) is 20.5. The van der Waals surface area contributed by atoms with E-state index in [2.05, 4.69) is 30.2 Å². The number of benzene rings is 1. The average molecular weight is 523 g/mol. The van der Waals surface area contributed by atoms with E-state index in [0.29, 0.717) is 37.4 Å². The Balaban J connectivity index is 1.41. The molecule has 11 heteroatoms. The third-order valence-corrected chi connectivity index (χ3v) is 7.57. The summed E-state index contributed by atoms with van der Waals surface area (Å²) in [6.07, 6.45) is -2.37. The number of ether oxygens (including phenoxy) is 2. The Morgan fingerprint density at radius 2 is 2.06 bits per heavy atom. The molecule has 1 fully saturated rings. The van der Waals surface area contributed by atoms with E-state index < -0.39 is 23.2 Å². The molecule has 7 nitrogen and oxygen atoms in total. The highest BCUT2D eigenvalue weighted by molar-refractivity contribution is 6.33. The van der Waals surface area contributed by atoms with Crippen molar-refractivity contribution in [3.63, 3.8) is 0 Å². The number of amides is 1. The van der Waals surface area contributed by atoms with Crippen LogP contribution in [0.1, 0.15) is 66.2 Å². The number of nitrogens with two attached hydrogens (primary N) is 1. The van der Waals surface area contributed by atoms with Gasteiger partial charge in [0.05, 0.1) is 10.6 Å². The van der Waals surface area contributed by atoms with Crippen LogP contribution >= 0.6 is 11.6 Å². The van der Waals surface area contributed by atoms with Gasteiger partial charge in [-0.05, 0) is 48.9 Å². The van der Waals surface area contributed by atoms with Gasteiger partial charge in [0.2, 0.25) is 0 Å². The largest absolute Gasteiger partial charge is 0.490 e. The molecule has 5 rings (SSSR count). The van der Waals surface area contributed by atoms with E-state index in [1.165, 1.54) is 0 Å². The van der Waals surface area contributed by atoms with Gasteiger partial charge < -0.3 is 20.5 Å². The first-order valence-corrected chi connectivity index (χ1v) is 12.2. The summed E-state index contributed by atoms with van der Waals surface area (Å²) < 4.78 is 50.8. The van der Waals surface area contributed by atoms with E-state index in [-0.39, 0.29) is 41.4 Å². The van der Waals surface area contributed by atoms with Crippen LogP contribution in [0.5, 0.6) is 5.75 Å². The molecule has 0 radical (unpaired) electrons. The number of hydrogen-bond donors (Lipinski definition) is 2. The minimum atomic E-state index is -4.60. The number of alkyl halides is 3. The highest BCUT2D eigenvalue weighted by atomic mass is 35.5. The summed E-state index contributed by atoms with van der Waals surface area (Å²) in [6.45, 7) is 4.48. The first kappa shape index (κ1) is 24.7. The molecule has 1 aromatic carbocycles. The van der Waals surface area contributed by atoms with Crippen molar-refractivity contribution in [2.24, 2.45) is 16.6 Å². The predicted molar refractivity (Wildman–Crippen MR) is 127 cm³/mol. The Morgan fingerprint density at radius 3 is 2.69 bits per heavy atom. The molecule has 4 unspecified atom stereocenters. The van der Waals surface area contributed by atoms with E-state index >= 15 is 0 Å². The molecule has 192 valence electrons. The minimum absolute atomic E-state index is 0.114. The van der Waals surface area contributed by atoms with Crippen LogP contribution in [0.4, 0.5) is 13.2 Å². The molecule has 4 atom stereocenters. The van der Waals surface area contributed by atoms with Crippen LogP contribution in [-0.2, 0) is 16.5 Å². The van der Waals surface area contributed by atoms with Crippen molar-refractivity contribution in [1.29, 1.82) is 0 Å². The molecule has 0 bridgehead atoms. The Bertz CT molecular complexity index is 1240. The number of carbonyl (C=O) groups is 1. The number of aliphatic imine (C=N–C) groups is 1. The normalized spacial score (nSPS) is 27.1. The lowest BCUT2D eigenvalue weighted by molar-refractivity contribution is -0.137. The molecule has 1 saturated carbocycles. The standard InChI is InChI=1S/C25H26ClF3N4O3/c1-12(2)13-3-5-19-16(7-13)24(11-35-23(30)33-24)17-9-15(4-6-20(17)36-19)32-22(34)21-18(26)8-14(10-31-21)25(27,28)29/h3,5,7-8,10,12,15,17,20H,4,6,9,11H2,1-2H3,(H2,30,33)(H,32,34). The van der Waals surface area contributed by atoms with Crippen LogP contribution in [-0.4, -0.2) is 35.7 Å². The SMILES string of the molecule is CC(C)c1ccc2c(c1)C1(COC(N)=N1)C1CC(NC(=O)c3ncc(C(F)(F)F)cc3Cl)CCC1O2. The number of hydrogen-bond acceptors (Lipinski definition) is 6. The summed E-state index contributed by atoms with van der Waals surface area (Å²) in [5.41, 5.74) is 6.02. The topological polar surface area (TPSA) is 98.8 Å². The van der Waals surface area contributed by atoms with Crippen molar-refractivity contribution in [2.75, 3.05) is 6.61 Å². The predicted octanol–water partition coefficient (Wildman–Crippen LogP) is 4.78. The van der Waals surface area contributed by atoms with Crippen LogP contribution in [0.25, 0.3) is 0 Å². The Morgan fingerprint density at radius 1 is 1.28 bits per heavy atom. The molecule has 36 heavy (non-hydrogen) atoms. The van der Waals surface area contributed by atoms with Gasteiger partial charge in [-0.15, -0.1) is 0 Å². The van der Waals surface area contributed by atoms with Crippen molar-refractivity contribution in [2.45, 2.75) is 62.9 Å². The van der Waals surface area contributed by atoms with Gasteiger partial charge in [-0.1, -0.05) is 31.5 Å². The van der Waals surface area contributed by atoms with E-state index in [0.717, 1.165) is 16.9 Å². The van der Waals surface area contributed by atoms with Crippen LogP contribution in [0.15, 0.2) is 35.5 Å². The fraction of sp³-hybridized carbons (Fsp3) is 0.480. The number of aromatic nitrogens is 1. The number of amidine groups is 1. The van der Waals surface area contributed by atoms with Crippen molar-refractivity contribution in [3.8, 4) is 5.75 Å². The molecule has 3 N–H and O–H groups in total. The molecule has 3 heterocycles. The second-order valence-corrected chi connectivity index (χ2v) is 10.3. The number of nitrogens with one attached hydrogen (secondary N) is 1. The molecule has 1 spiro atoms. The van der Waals surface area contributed by atoms with Crippen molar-refractivity contribution >= 4 is 23.5 Å². The average Bonchev–Trinajstić information content (AvgIpc) is 3.21. The zero-order chi connectivity index (χ0) is 25.8. The van der Waals surface area contributed by atoms with Crippen LogP contribution in [0.2, 0.25) is 5.02 Å². The first-order valence-electron chi connectivity index (χ1n) is 11.8. The highest BCUT2D eigenvalue weighted by Gasteiger charge is 2.55. The Labute approximate surface area is 211 Å². The summed E-state index contributed by atoms with van der Waals surface area (Å²) in [4.78, 5) is 21.3. The molecular formula is C25H26ClF3N4O3. The van der Waals surface area contributed by atoms with Gasteiger partial charge in [0.15, 0.2) is 0 Å². The van der Waals surface area contributed by atoms with Gasteiger partial charge >= 0.3 is 6.18 Å². The maximum atomic E-state index is 12.9. The van der Waals surface area contributed by atoms with Crippen LogP contribution < -0.4 is 15.8 Å². The molecule has 1 aromatic heterocycles. The maximum absolute atomic E-state index is 12.9. The summed E-state index contributed by atoms with van der Waals surface area (Å²) in [5, 5.41) is 2.54. The summed E-state index contributed by atoms with van der Waals surface area (Å²) >= 11 is 5.98. The molecule has 1 amide bonds. The number of halogens is 4. The Hall–Kier alpha value is -3.01. The van der Waals surface area contributed by atoms with Gasteiger partial charge in [0.1, 0.15) is 29.7 Å². The van der Waals surface area contributed by atoms with E-state index in [4.69, 9.17) is 31.8 Å². The summed E-state index contributed by atoms with van der Waals surface area (Å²) in [6, 6.07) is 6.65. The van der Waals surface area contributed by atoms with Crippen LogP contribution in [0.3, 0.4) is 0 Å². The lowest BCUT2D eigenvalue weighted by atomic mass is 9.67. The number of fused-ring (bicyclic) bond motifs is 4. The van der Waals surface area contributed by atoms with E-state index in [1.54, 1.807) is 0 Å². The van der Waals surface area contributed by atoms with Gasteiger partial charge in [0.25, 0.3) is 11.9 Å². The van der Waals surface area contributed by atoms with Crippen molar-refractivity contribution < 1.29 is 27.4 Å². The number of pyridine rings is 1. The zero-order valence-electron chi connectivity index (χ0n) is 19.7. The van der Waals surface area contributed by atoms with Crippen molar-refractivity contribution in [3.05, 3.63) is 57.9 Å². The Kier molecular flexibility index (Phi) is 6.05. The van der Waals surface area contributed by atoms with Crippen molar-refractivity contribution in [1.82, 2.24) is 10.3 Å². The van der Waals surface area contributed by atoms with E-state index in [9.17, 15) is 18.0 Å². The van der Waals surface area contributed by atoms with Crippen LogP contribution in [0, 0.1) is 5.92 Å². The molecule has 2 aliphatic heterocycles. The third kappa shape index (κ3) is 4.25. The number of carbonyl (C=O) groups excluding carboxylic acids is 1. The van der Waals surface area contributed by atoms with Gasteiger partial charge in [-0.2, -0.15) is 13.2 Å². The second kappa shape index (κ2) is 8.83. The molecule has 1 aliphatic carbocycles. The lowest BCUT2D eigenvalue weighted by Crippen LogP contribution is -2.54. The quantitative estimate of drug-likeness (QED) is 0.604. The highest BCUT2D eigenvalue weighted by Crippen LogP contribution is 2.52. The van der Waals surface area contributed by atoms with Gasteiger partial charge in [0, 0.05) is 23.7 Å². The maximum Gasteiger partial charge on any atom is 0.417 e. The summed E-state index contributed by atoms with van der Waals surface area (Å²) in [5.74, 6) is 0.290. The third-order valence-electron chi connectivity index (χ3n) is 7.28. The monoisotopic (exact) mass is 522 g/mol. The van der Waals surface area contributed by atoms with E-state index in [1.807, 2.05) is 12.1 Å². The smallest absolute Gasteiger partial charge is 0.417 e. The molecule has 3 aliphatic rings. The fourth-order valence-electron chi connectivity index (χ4n) is 5.41. The molecular weight excluding hydrogens is 497 g/mol. The minimum Gasteiger partial charge on any atom is -0.490 e. The molecule has 0 saturated heterocycles. The fourth-order valence-corrected chi connectivity index (χ4v) is 5.67. The summed E-state index contributed by atoms with van der Waals surface area (Å²) in [7, 11) is 0. The second-order valence-electron chi connectivity index (χ2n) is 9.87. The number of nitrogens with zero attached hydrogens (tertiary/aromatic N) is 2. The van der Waals surface area contributed by atoms with Gasteiger partial charge in [-0.3, -0.25) is 4.79 Å². The molecule has 2 aromatic rings. The lowest BCUT2D eigenvalue weighted by Gasteiger charge is -2.48. The van der Waals surface area contributed by atoms with Gasteiger partial charge in [-0.25, -0.2) is 9.98 Å².